The Hall–Kier alpha value is -2.03. The summed E-state index contributed by atoms with van der Waals surface area (Å²) in [5.41, 5.74) is 0.192. The van der Waals surface area contributed by atoms with E-state index in [9.17, 15) is 18.3 Å². The van der Waals surface area contributed by atoms with Gasteiger partial charge < -0.3 is 15.7 Å². The smallest absolute Gasteiger partial charge is 0.323 e. The number of hydrogen-bond donors (Lipinski definition) is 3. The number of phenolic OH excluding ortho intramolecular Hbond substituents is 1. The van der Waals surface area contributed by atoms with Gasteiger partial charge in [-0.15, -0.1) is 0 Å². The topological polar surface area (TPSA) is 108 Å². The molecule has 0 saturated heterocycles. The van der Waals surface area contributed by atoms with Gasteiger partial charge in [-0.2, -0.15) is 0 Å². The fourth-order valence-electron chi connectivity index (χ4n) is 3.04. The Kier molecular flexibility index (Phi) is 5.78. The number of aromatic nitrogens is 1. The highest BCUT2D eigenvalue weighted by molar-refractivity contribution is 7.92. The largest absolute Gasteiger partial charge is 0.504 e. The van der Waals surface area contributed by atoms with Gasteiger partial charge in [-0.1, -0.05) is 36.0 Å². The van der Waals surface area contributed by atoms with E-state index in [0.717, 1.165) is 12.8 Å². The molecule has 1 fully saturated rings. The van der Waals surface area contributed by atoms with Gasteiger partial charge in [0.1, 0.15) is 4.90 Å². The van der Waals surface area contributed by atoms with Gasteiger partial charge in [0.15, 0.2) is 20.7 Å². The van der Waals surface area contributed by atoms with Gasteiger partial charge in [-0.3, -0.25) is 0 Å². The van der Waals surface area contributed by atoms with E-state index in [1.807, 2.05) is 0 Å². The molecule has 1 aromatic carbocycles. The first-order chi connectivity index (χ1) is 12.8. The lowest BCUT2D eigenvalue weighted by Crippen LogP contribution is -2.21. The van der Waals surface area contributed by atoms with Crippen LogP contribution in [-0.2, 0) is 9.84 Å². The van der Waals surface area contributed by atoms with E-state index in [0.29, 0.717) is 12.8 Å². The molecule has 1 saturated carbocycles. The van der Waals surface area contributed by atoms with E-state index < -0.39 is 26.9 Å². The number of halogens is 2. The lowest BCUT2D eigenvalue weighted by Gasteiger charge is -2.16. The predicted molar refractivity (Wildman–Crippen MR) is 104 cm³/mol. The molecule has 0 atom stereocenters. The number of amides is 2. The molecule has 0 radical (unpaired) electrons. The van der Waals surface area contributed by atoms with Crippen LogP contribution in [0.3, 0.4) is 0 Å². The number of anilines is 2. The van der Waals surface area contributed by atoms with Crippen LogP contribution in [0.15, 0.2) is 35.4 Å². The maximum atomic E-state index is 12.9. The van der Waals surface area contributed by atoms with E-state index in [-0.39, 0.29) is 26.4 Å². The Morgan fingerprint density at radius 1 is 1.11 bits per heavy atom. The van der Waals surface area contributed by atoms with Crippen LogP contribution < -0.4 is 10.6 Å². The molecule has 0 aliphatic heterocycles. The molecule has 3 rings (SSSR count). The molecule has 27 heavy (non-hydrogen) atoms. The zero-order valence-corrected chi connectivity index (χ0v) is 16.4. The summed E-state index contributed by atoms with van der Waals surface area (Å²) in [5, 5.41) is 14.8. The summed E-state index contributed by atoms with van der Waals surface area (Å²) in [4.78, 5) is 15.7. The molecule has 3 N–H and O–H groups in total. The number of aromatic hydroxyl groups is 1. The maximum absolute atomic E-state index is 12.9. The van der Waals surface area contributed by atoms with Crippen LogP contribution in [0.5, 0.6) is 5.75 Å². The highest BCUT2D eigenvalue weighted by Gasteiger charge is 2.35. The summed E-state index contributed by atoms with van der Waals surface area (Å²) < 4.78 is 25.7. The normalized spacial score (nSPS) is 14.9. The van der Waals surface area contributed by atoms with Gasteiger partial charge in [-0.05, 0) is 37.1 Å². The average molecular weight is 430 g/mol. The number of nitrogens with zero attached hydrogens (tertiary/aromatic N) is 1. The zero-order chi connectivity index (χ0) is 19.6. The predicted octanol–water partition coefficient (Wildman–Crippen LogP) is 4.45. The van der Waals surface area contributed by atoms with Crippen molar-refractivity contribution in [1.29, 1.82) is 0 Å². The number of hydrogen-bond acceptors (Lipinski definition) is 5. The molecular formula is C17H17Cl2N3O4S. The molecule has 1 aromatic heterocycles. The SMILES string of the molecule is O=C(Nc1cccnc1Cl)Nc1ccc(Cl)c(S(=O)(=O)C2CCCC2)c1O. The van der Waals surface area contributed by atoms with Crippen molar-refractivity contribution in [1.82, 2.24) is 4.98 Å². The van der Waals surface area contributed by atoms with Crippen LogP contribution in [0, 0.1) is 0 Å². The Balaban J connectivity index is 1.87. The minimum Gasteiger partial charge on any atom is -0.504 e. The summed E-state index contributed by atoms with van der Waals surface area (Å²) in [7, 11) is -3.81. The van der Waals surface area contributed by atoms with Gasteiger partial charge in [-0.25, -0.2) is 18.2 Å². The van der Waals surface area contributed by atoms with Crippen molar-refractivity contribution in [2.24, 2.45) is 0 Å². The molecule has 10 heteroatoms. The number of nitrogens with one attached hydrogen (secondary N) is 2. The second-order valence-electron chi connectivity index (χ2n) is 6.15. The third-order valence-electron chi connectivity index (χ3n) is 4.36. The van der Waals surface area contributed by atoms with Gasteiger partial charge in [0.05, 0.1) is 21.6 Å². The van der Waals surface area contributed by atoms with Gasteiger partial charge >= 0.3 is 6.03 Å². The molecule has 0 spiro atoms. The molecular weight excluding hydrogens is 413 g/mol. The number of rotatable bonds is 4. The lowest BCUT2D eigenvalue weighted by molar-refractivity contribution is 0.262. The number of benzene rings is 1. The van der Waals surface area contributed by atoms with Crippen molar-refractivity contribution < 1.29 is 18.3 Å². The van der Waals surface area contributed by atoms with Crippen LogP contribution in [0.1, 0.15) is 25.7 Å². The van der Waals surface area contributed by atoms with Crippen molar-refractivity contribution in [3.05, 3.63) is 40.6 Å². The summed E-state index contributed by atoms with van der Waals surface area (Å²) in [6, 6.07) is 5.08. The Labute approximate surface area is 166 Å². The maximum Gasteiger partial charge on any atom is 0.323 e. The van der Waals surface area contributed by atoms with Crippen LogP contribution >= 0.6 is 23.2 Å². The Bertz CT molecular complexity index is 976. The first-order valence-electron chi connectivity index (χ1n) is 8.24. The van der Waals surface area contributed by atoms with Crippen molar-refractivity contribution in [2.75, 3.05) is 10.6 Å². The highest BCUT2D eigenvalue weighted by atomic mass is 35.5. The highest BCUT2D eigenvalue weighted by Crippen LogP contribution is 2.41. The minimum atomic E-state index is -3.81. The molecule has 0 unspecified atom stereocenters. The minimum absolute atomic E-state index is 0.0755. The molecule has 1 heterocycles. The lowest BCUT2D eigenvalue weighted by atomic mass is 10.3. The van der Waals surface area contributed by atoms with E-state index in [1.165, 1.54) is 18.3 Å². The summed E-state index contributed by atoms with van der Waals surface area (Å²) >= 11 is 11.9. The molecule has 2 aromatic rings. The second kappa shape index (κ2) is 7.92. The van der Waals surface area contributed by atoms with E-state index in [4.69, 9.17) is 23.2 Å². The molecule has 1 aliphatic carbocycles. The third-order valence-corrected chi connectivity index (χ3v) is 7.42. The fraction of sp³-hybridized carbons (Fsp3) is 0.294. The first kappa shape index (κ1) is 19.7. The van der Waals surface area contributed by atoms with Crippen molar-refractivity contribution >= 4 is 50.4 Å². The van der Waals surface area contributed by atoms with Crippen molar-refractivity contribution in [2.45, 2.75) is 35.8 Å². The first-order valence-corrected chi connectivity index (χ1v) is 10.5. The number of carbonyl (C=O) groups excluding carboxylic acids is 1. The van der Waals surface area contributed by atoms with Gasteiger partial charge in [0.25, 0.3) is 0 Å². The van der Waals surface area contributed by atoms with Gasteiger partial charge in [0.2, 0.25) is 0 Å². The number of urea groups is 1. The number of phenols is 1. The fourth-order valence-corrected chi connectivity index (χ4v) is 5.69. The quantitative estimate of drug-likeness (QED) is 0.491. The molecule has 7 nitrogen and oxygen atoms in total. The summed E-state index contributed by atoms with van der Waals surface area (Å²) in [5.74, 6) is -0.582. The Morgan fingerprint density at radius 3 is 2.44 bits per heavy atom. The zero-order valence-electron chi connectivity index (χ0n) is 14.1. The number of carbonyl (C=O) groups is 1. The number of sulfone groups is 1. The van der Waals surface area contributed by atoms with Crippen LogP contribution in [0.2, 0.25) is 10.2 Å². The molecule has 144 valence electrons. The van der Waals surface area contributed by atoms with Crippen LogP contribution in [0.4, 0.5) is 16.2 Å². The molecule has 0 bridgehead atoms. The average Bonchev–Trinajstić information content (AvgIpc) is 3.15. The van der Waals surface area contributed by atoms with Crippen LogP contribution in [-0.4, -0.2) is 29.8 Å². The standard InChI is InChI=1S/C17H17Cl2N3O4S/c18-11-7-8-12(21-17(24)22-13-6-3-9-20-16(13)19)14(23)15(11)27(25,26)10-4-1-2-5-10/h3,6-10,23H,1-2,4-5H2,(H2,21,22,24). The molecule has 2 amide bonds. The summed E-state index contributed by atoms with van der Waals surface area (Å²) in [6.45, 7) is 0. The Morgan fingerprint density at radius 2 is 1.78 bits per heavy atom. The van der Waals surface area contributed by atoms with Crippen molar-refractivity contribution in [3.63, 3.8) is 0 Å². The second-order valence-corrected chi connectivity index (χ2v) is 9.08. The number of pyridine rings is 1. The van der Waals surface area contributed by atoms with Crippen molar-refractivity contribution in [3.8, 4) is 5.75 Å². The van der Waals surface area contributed by atoms with Crippen LogP contribution in [0.25, 0.3) is 0 Å². The monoisotopic (exact) mass is 429 g/mol. The van der Waals surface area contributed by atoms with E-state index in [2.05, 4.69) is 15.6 Å². The summed E-state index contributed by atoms with van der Waals surface area (Å²) in [6.07, 6.45) is 4.14. The third kappa shape index (κ3) is 4.12. The van der Waals surface area contributed by atoms with E-state index >= 15 is 0 Å². The van der Waals surface area contributed by atoms with E-state index in [1.54, 1.807) is 12.1 Å². The van der Waals surface area contributed by atoms with Gasteiger partial charge in [0, 0.05) is 6.20 Å². The molecule has 1 aliphatic rings.